The normalized spacial score (nSPS) is 11.0. The van der Waals surface area contributed by atoms with E-state index in [1.165, 1.54) is 0 Å². The molecule has 6 heteroatoms. The van der Waals surface area contributed by atoms with Crippen LogP contribution in [0.2, 0.25) is 0 Å². The summed E-state index contributed by atoms with van der Waals surface area (Å²) in [6.07, 6.45) is 0.645. The van der Waals surface area contributed by atoms with Crippen LogP contribution in [0, 0.1) is 0 Å². The van der Waals surface area contributed by atoms with E-state index in [1.54, 1.807) is 12.1 Å². The maximum absolute atomic E-state index is 11.9. The fourth-order valence-corrected chi connectivity index (χ4v) is 3.43. The van der Waals surface area contributed by atoms with Crippen LogP contribution in [-0.2, 0) is 16.4 Å². The van der Waals surface area contributed by atoms with Crippen molar-refractivity contribution in [3.05, 3.63) is 65.7 Å². The van der Waals surface area contributed by atoms with Crippen LogP contribution in [0.5, 0.6) is 0 Å². The van der Waals surface area contributed by atoms with Gasteiger partial charge in [-0.3, -0.25) is 4.72 Å². The molecule has 0 aliphatic carbocycles. The lowest BCUT2D eigenvalue weighted by atomic mass is 10.0. The van der Waals surface area contributed by atoms with Crippen LogP contribution in [0.1, 0.15) is 11.1 Å². The molecule has 0 aromatic heterocycles. The van der Waals surface area contributed by atoms with E-state index < -0.39 is 10.0 Å². The molecule has 0 aliphatic heterocycles. The summed E-state index contributed by atoms with van der Waals surface area (Å²) in [4.78, 5) is -0.0527. The molecule has 0 radical (unpaired) electrons. The minimum atomic E-state index is -3.56. The highest BCUT2D eigenvalue weighted by Gasteiger charge is 2.14. The van der Waals surface area contributed by atoms with Crippen LogP contribution >= 0.6 is 12.2 Å². The molecule has 4 nitrogen and oxygen atoms in total. The van der Waals surface area contributed by atoms with E-state index in [0.29, 0.717) is 12.1 Å². The highest BCUT2D eigenvalue weighted by Crippen LogP contribution is 2.20. The number of para-hydroxylation sites is 1. The maximum Gasteiger partial charge on any atom is 0.239 e. The van der Waals surface area contributed by atoms with Crippen molar-refractivity contribution in [2.45, 2.75) is 6.42 Å². The van der Waals surface area contributed by atoms with Crippen LogP contribution in [0.4, 0.5) is 5.69 Å². The summed E-state index contributed by atoms with van der Waals surface area (Å²) in [6.45, 7) is 0. The van der Waals surface area contributed by atoms with Crippen LogP contribution in [0.15, 0.2) is 54.6 Å². The minimum absolute atomic E-state index is 0.0527. The first-order chi connectivity index (χ1) is 9.96. The fourth-order valence-electron chi connectivity index (χ4n) is 1.98. The Bertz CT molecular complexity index is 728. The van der Waals surface area contributed by atoms with Gasteiger partial charge in [-0.25, -0.2) is 8.42 Å². The fraction of sp³-hybridized carbons (Fsp3) is 0.133. The number of thiocarbonyl (C=S) groups is 1. The molecule has 0 bridgehead atoms. The van der Waals surface area contributed by atoms with Crippen LogP contribution in [0.3, 0.4) is 0 Å². The second-order valence-corrected chi connectivity index (χ2v) is 6.89. The summed E-state index contributed by atoms with van der Waals surface area (Å²) in [5, 5.41) is 0. The highest BCUT2D eigenvalue weighted by atomic mass is 32.2. The van der Waals surface area contributed by atoms with Gasteiger partial charge in [0.15, 0.2) is 0 Å². The Morgan fingerprint density at radius 3 is 2.33 bits per heavy atom. The molecule has 0 spiro atoms. The lowest BCUT2D eigenvalue weighted by molar-refractivity contribution is 0.605. The van der Waals surface area contributed by atoms with Crippen molar-refractivity contribution in [3.8, 4) is 0 Å². The van der Waals surface area contributed by atoms with Crippen LogP contribution in [0.25, 0.3) is 0 Å². The quantitative estimate of drug-likeness (QED) is 0.801. The molecule has 2 rings (SSSR count). The molecule has 3 N–H and O–H groups in total. The summed E-state index contributed by atoms with van der Waals surface area (Å²) < 4.78 is 26.4. The standard InChI is InChI=1S/C15H16N2O2S2/c16-15(20)11-21(18,19)17-14-9-5-4-8-13(14)10-12-6-2-1-3-7-12/h1-9,17H,10-11H2,(H2,16,20). The number of benzene rings is 2. The number of nitrogens with two attached hydrogens (primary N) is 1. The summed E-state index contributed by atoms with van der Waals surface area (Å²) >= 11 is 4.66. The van der Waals surface area contributed by atoms with Crippen molar-refractivity contribution < 1.29 is 8.42 Å². The average Bonchev–Trinajstić information content (AvgIpc) is 2.40. The van der Waals surface area contributed by atoms with E-state index in [-0.39, 0.29) is 10.7 Å². The second kappa shape index (κ2) is 6.69. The molecule has 0 unspecified atom stereocenters. The van der Waals surface area contributed by atoms with Gasteiger partial charge in [0.05, 0.1) is 10.7 Å². The molecule has 2 aromatic carbocycles. The average molecular weight is 320 g/mol. The van der Waals surface area contributed by atoms with Gasteiger partial charge < -0.3 is 5.73 Å². The SMILES string of the molecule is NC(=S)CS(=O)(=O)Nc1ccccc1Cc1ccccc1. The van der Waals surface area contributed by atoms with Crippen LogP contribution in [-0.4, -0.2) is 19.2 Å². The van der Waals surface area contributed by atoms with E-state index in [1.807, 2.05) is 42.5 Å². The van der Waals surface area contributed by atoms with E-state index in [4.69, 9.17) is 5.73 Å². The zero-order valence-corrected chi connectivity index (χ0v) is 13.0. The van der Waals surface area contributed by atoms with Gasteiger partial charge in [-0.1, -0.05) is 60.7 Å². The number of sulfonamides is 1. The Kier molecular flexibility index (Phi) is 4.93. The Balaban J connectivity index is 2.23. The Hall–Kier alpha value is -1.92. The van der Waals surface area contributed by atoms with Gasteiger partial charge in [0.1, 0.15) is 5.75 Å². The third kappa shape index (κ3) is 4.84. The van der Waals surface area contributed by atoms with Crippen molar-refractivity contribution in [1.29, 1.82) is 0 Å². The monoisotopic (exact) mass is 320 g/mol. The van der Waals surface area contributed by atoms with Crippen molar-refractivity contribution in [2.75, 3.05) is 10.5 Å². The Morgan fingerprint density at radius 1 is 1.05 bits per heavy atom. The molecule has 0 amide bonds. The van der Waals surface area contributed by atoms with Crippen molar-refractivity contribution in [3.63, 3.8) is 0 Å². The van der Waals surface area contributed by atoms with Gasteiger partial charge in [0.25, 0.3) is 0 Å². The van der Waals surface area contributed by atoms with Crippen molar-refractivity contribution >= 4 is 32.9 Å². The Morgan fingerprint density at radius 2 is 1.67 bits per heavy atom. The smallest absolute Gasteiger partial charge is 0.239 e. The molecule has 0 saturated carbocycles. The van der Waals surface area contributed by atoms with Gasteiger partial charge in [0, 0.05) is 0 Å². The predicted molar refractivity (Wildman–Crippen MR) is 89.9 cm³/mol. The first-order valence-corrected chi connectivity index (χ1v) is 8.43. The summed E-state index contributed by atoms with van der Waals surface area (Å²) in [5.41, 5.74) is 7.87. The van der Waals surface area contributed by atoms with E-state index in [0.717, 1.165) is 11.1 Å². The molecular formula is C15H16N2O2S2. The number of hydrogen-bond acceptors (Lipinski definition) is 3. The van der Waals surface area contributed by atoms with Gasteiger partial charge in [0.2, 0.25) is 10.0 Å². The van der Waals surface area contributed by atoms with E-state index in [9.17, 15) is 8.42 Å². The molecule has 2 aromatic rings. The first-order valence-electron chi connectivity index (χ1n) is 6.37. The van der Waals surface area contributed by atoms with E-state index >= 15 is 0 Å². The zero-order chi connectivity index (χ0) is 15.3. The summed E-state index contributed by atoms with van der Waals surface area (Å²) in [5.74, 6) is -0.359. The van der Waals surface area contributed by atoms with E-state index in [2.05, 4.69) is 16.9 Å². The molecular weight excluding hydrogens is 304 g/mol. The largest absolute Gasteiger partial charge is 0.392 e. The van der Waals surface area contributed by atoms with Gasteiger partial charge >= 0.3 is 0 Å². The number of nitrogens with one attached hydrogen (secondary N) is 1. The van der Waals surface area contributed by atoms with Crippen molar-refractivity contribution in [2.24, 2.45) is 5.73 Å². The third-order valence-electron chi connectivity index (χ3n) is 2.85. The first kappa shape index (κ1) is 15.5. The third-order valence-corrected chi connectivity index (χ3v) is 4.40. The predicted octanol–water partition coefficient (Wildman–Crippen LogP) is 2.31. The lowest BCUT2D eigenvalue weighted by Gasteiger charge is -2.12. The molecule has 21 heavy (non-hydrogen) atoms. The topological polar surface area (TPSA) is 72.2 Å². The van der Waals surface area contributed by atoms with Gasteiger partial charge in [-0.15, -0.1) is 0 Å². The van der Waals surface area contributed by atoms with Crippen LogP contribution < -0.4 is 10.5 Å². The molecule has 110 valence electrons. The number of hydrogen-bond donors (Lipinski definition) is 2. The lowest BCUT2D eigenvalue weighted by Crippen LogP contribution is -2.26. The van der Waals surface area contributed by atoms with Gasteiger partial charge in [-0.05, 0) is 23.6 Å². The minimum Gasteiger partial charge on any atom is -0.392 e. The highest BCUT2D eigenvalue weighted by molar-refractivity contribution is 7.95. The molecule has 0 saturated heterocycles. The number of rotatable bonds is 6. The molecule has 0 fully saturated rings. The van der Waals surface area contributed by atoms with Gasteiger partial charge in [-0.2, -0.15) is 0 Å². The molecule has 0 heterocycles. The number of anilines is 1. The van der Waals surface area contributed by atoms with Crippen molar-refractivity contribution in [1.82, 2.24) is 0 Å². The summed E-state index contributed by atoms with van der Waals surface area (Å²) in [6, 6.07) is 17.1. The maximum atomic E-state index is 11.9. The zero-order valence-electron chi connectivity index (χ0n) is 11.3. The second-order valence-electron chi connectivity index (χ2n) is 4.65. The Labute approximate surface area is 130 Å². The molecule has 0 aliphatic rings. The summed E-state index contributed by atoms with van der Waals surface area (Å²) in [7, 11) is -3.56. The molecule has 0 atom stereocenters.